The lowest BCUT2D eigenvalue weighted by atomic mass is 10.2. The molecule has 0 fully saturated rings. The lowest BCUT2D eigenvalue weighted by Gasteiger charge is -2.03. The van der Waals surface area contributed by atoms with Crippen LogP contribution in [0, 0.1) is 11.3 Å². The molecule has 0 bridgehead atoms. The SMILES string of the molecule is N#Cc1ccc(OCCF)cc1Br. The summed E-state index contributed by atoms with van der Waals surface area (Å²) in [6.45, 7) is -0.476. The van der Waals surface area contributed by atoms with E-state index in [4.69, 9.17) is 10.00 Å². The number of nitriles is 1. The van der Waals surface area contributed by atoms with Crippen molar-refractivity contribution in [2.75, 3.05) is 13.3 Å². The quantitative estimate of drug-likeness (QED) is 0.818. The van der Waals surface area contributed by atoms with Crippen LogP contribution in [0.15, 0.2) is 22.7 Å². The van der Waals surface area contributed by atoms with Crippen LogP contribution in [0.2, 0.25) is 0 Å². The van der Waals surface area contributed by atoms with Gasteiger partial charge in [-0.2, -0.15) is 5.26 Å². The van der Waals surface area contributed by atoms with E-state index in [1.807, 2.05) is 6.07 Å². The van der Waals surface area contributed by atoms with E-state index < -0.39 is 6.67 Å². The van der Waals surface area contributed by atoms with Gasteiger partial charge in [0.05, 0.1) is 5.56 Å². The van der Waals surface area contributed by atoms with Crippen LogP contribution in [0.5, 0.6) is 5.75 Å². The lowest BCUT2D eigenvalue weighted by Crippen LogP contribution is -1.98. The first-order valence-corrected chi connectivity index (χ1v) is 4.45. The van der Waals surface area contributed by atoms with Crippen molar-refractivity contribution < 1.29 is 9.13 Å². The molecule has 1 aromatic carbocycles. The molecule has 0 atom stereocenters. The fraction of sp³-hybridized carbons (Fsp3) is 0.222. The van der Waals surface area contributed by atoms with Crippen molar-refractivity contribution in [2.45, 2.75) is 0 Å². The molecule has 0 N–H and O–H groups in total. The van der Waals surface area contributed by atoms with Gasteiger partial charge in [0, 0.05) is 4.47 Å². The normalized spacial score (nSPS) is 9.31. The summed E-state index contributed by atoms with van der Waals surface area (Å²) in [5, 5.41) is 8.60. The number of benzene rings is 1. The molecule has 0 aromatic heterocycles. The maximum atomic E-state index is 11.7. The first-order valence-electron chi connectivity index (χ1n) is 3.66. The molecule has 1 rings (SSSR count). The smallest absolute Gasteiger partial charge is 0.123 e. The van der Waals surface area contributed by atoms with Gasteiger partial charge in [-0.25, -0.2) is 4.39 Å². The Labute approximate surface area is 84.1 Å². The number of nitrogens with zero attached hydrogens (tertiary/aromatic N) is 1. The maximum absolute atomic E-state index is 11.7. The highest BCUT2D eigenvalue weighted by atomic mass is 79.9. The summed E-state index contributed by atoms with van der Waals surface area (Å²) in [4.78, 5) is 0. The first kappa shape index (κ1) is 10.0. The minimum Gasteiger partial charge on any atom is -0.491 e. The number of ether oxygens (including phenoxy) is 1. The Balaban J connectivity index is 2.79. The zero-order valence-electron chi connectivity index (χ0n) is 6.76. The van der Waals surface area contributed by atoms with Crippen LogP contribution >= 0.6 is 15.9 Å². The molecule has 0 radical (unpaired) electrons. The molecule has 0 aliphatic heterocycles. The molecule has 13 heavy (non-hydrogen) atoms. The van der Waals surface area contributed by atoms with Gasteiger partial charge in [-0.15, -0.1) is 0 Å². The van der Waals surface area contributed by atoms with Crippen molar-refractivity contribution in [1.82, 2.24) is 0 Å². The van der Waals surface area contributed by atoms with Crippen LogP contribution < -0.4 is 4.74 Å². The van der Waals surface area contributed by atoms with Crippen LogP contribution in [-0.4, -0.2) is 13.3 Å². The molecule has 0 heterocycles. The zero-order chi connectivity index (χ0) is 9.68. The third-order valence-corrected chi connectivity index (χ3v) is 2.06. The summed E-state index contributed by atoms with van der Waals surface area (Å²) in [7, 11) is 0. The van der Waals surface area contributed by atoms with Crippen molar-refractivity contribution in [2.24, 2.45) is 0 Å². The standard InChI is InChI=1S/C9H7BrFNO/c10-9-5-8(13-4-3-11)2-1-7(9)6-12/h1-2,5H,3-4H2. The predicted octanol–water partition coefficient (Wildman–Crippen LogP) is 2.67. The highest BCUT2D eigenvalue weighted by molar-refractivity contribution is 9.10. The van der Waals surface area contributed by atoms with Gasteiger partial charge in [0.25, 0.3) is 0 Å². The molecule has 0 saturated heterocycles. The molecule has 0 saturated carbocycles. The van der Waals surface area contributed by atoms with Gasteiger partial charge < -0.3 is 4.74 Å². The van der Waals surface area contributed by atoms with E-state index in [1.54, 1.807) is 18.2 Å². The van der Waals surface area contributed by atoms with Gasteiger partial charge in [0.15, 0.2) is 0 Å². The fourth-order valence-electron chi connectivity index (χ4n) is 0.833. The van der Waals surface area contributed by atoms with Crippen molar-refractivity contribution in [3.05, 3.63) is 28.2 Å². The molecule has 0 aliphatic rings. The summed E-state index contributed by atoms with van der Waals surface area (Å²) in [5.74, 6) is 0.559. The maximum Gasteiger partial charge on any atom is 0.123 e. The molecule has 0 unspecified atom stereocenters. The number of hydrogen-bond acceptors (Lipinski definition) is 2. The average molecular weight is 244 g/mol. The summed E-state index contributed by atoms with van der Waals surface area (Å²) in [5.41, 5.74) is 0.535. The minimum atomic E-state index is -0.516. The Hall–Kier alpha value is -1.08. The van der Waals surface area contributed by atoms with Gasteiger partial charge >= 0.3 is 0 Å². The largest absolute Gasteiger partial charge is 0.491 e. The van der Waals surface area contributed by atoms with Gasteiger partial charge in [0.2, 0.25) is 0 Å². The summed E-state index contributed by atoms with van der Waals surface area (Å²) < 4.78 is 17.4. The van der Waals surface area contributed by atoms with E-state index in [2.05, 4.69) is 15.9 Å². The van der Waals surface area contributed by atoms with Crippen LogP contribution in [0.3, 0.4) is 0 Å². The highest BCUT2D eigenvalue weighted by Crippen LogP contribution is 2.22. The Morgan fingerprint density at radius 2 is 2.31 bits per heavy atom. The third-order valence-electron chi connectivity index (χ3n) is 1.41. The van der Waals surface area contributed by atoms with E-state index in [1.165, 1.54) is 0 Å². The Bertz CT molecular complexity index is 335. The number of alkyl halides is 1. The summed E-state index contributed by atoms with van der Waals surface area (Å²) in [6.07, 6.45) is 0. The average Bonchev–Trinajstić information content (AvgIpc) is 2.15. The van der Waals surface area contributed by atoms with E-state index in [9.17, 15) is 4.39 Å². The molecular formula is C9H7BrFNO. The fourth-order valence-corrected chi connectivity index (χ4v) is 1.28. The van der Waals surface area contributed by atoms with E-state index in [0.717, 1.165) is 0 Å². The summed E-state index contributed by atoms with van der Waals surface area (Å²) >= 11 is 3.20. The highest BCUT2D eigenvalue weighted by Gasteiger charge is 2.00. The van der Waals surface area contributed by atoms with Gasteiger partial charge in [-0.05, 0) is 34.1 Å². The second-order valence-electron chi connectivity index (χ2n) is 2.29. The zero-order valence-corrected chi connectivity index (χ0v) is 8.34. The molecule has 4 heteroatoms. The molecule has 0 amide bonds. The minimum absolute atomic E-state index is 0.0400. The van der Waals surface area contributed by atoms with Gasteiger partial charge in [-0.3, -0.25) is 0 Å². The van der Waals surface area contributed by atoms with Gasteiger partial charge in [0.1, 0.15) is 25.1 Å². The molecule has 0 spiro atoms. The van der Waals surface area contributed by atoms with Crippen LogP contribution in [0.1, 0.15) is 5.56 Å². The molecule has 68 valence electrons. The Morgan fingerprint density at radius 1 is 1.54 bits per heavy atom. The lowest BCUT2D eigenvalue weighted by molar-refractivity contribution is 0.273. The number of halogens is 2. The number of rotatable bonds is 3. The number of hydrogen-bond donors (Lipinski definition) is 0. The van der Waals surface area contributed by atoms with Crippen molar-refractivity contribution in [1.29, 1.82) is 5.26 Å². The van der Waals surface area contributed by atoms with Crippen molar-refractivity contribution in [3.8, 4) is 11.8 Å². The van der Waals surface area contributed by atoms with Crippen LogP contribution in [0.25, 0.3) is 0 Å². The van der Waals surface area contributed by atoms with Crippen molar-refractivity contribution >= 4 is 15.9 Å². The van der Waals surface area contributed by atoms with Crippen LogP contribution in [-0.2, 0) is 0 Å². The third kappa shape index (κ3) is 2.71. The molecule has 0 aliphatic carbocycles. The molecule has 2 nitrogen and oxygen atoms in total. The molecule has 1 aromatic rings. The van der Waals surface area contributed by atoms with Gasteiger partial charge in [-0.1, -0.05) is 0 Å². The monoisotopic (exact) mass is 243 g/mol. The predicted molar refractivity (Wildman–Crippen MR) is 50.3 cm³/mol. The van der Waals surface area contributed by atoms with E-state index >= 15 is 0 Å². The van der Waals surface area contributed by atoms with Crippen molar-refractivity contribution in [3.63, 3.8) is 0 Å². The second kappa shape index (κ2) is 4.83. The molecular weight excluding hydrogens is 237 g/mol. The second-order valence-corrected chi connectivity index (χ2v) is 3.15. The Kier molecular flexibility index (Phi) is 3.71. The van der Waals surface area contributed by atoms with E-state index in [-0.39, 0.29) is 6.61 Å². The van der Waals surface area contributed by atoms with E-state index in [0.29, 0.717) is 15.8 Å². The topological polar surface area (TPSA) is 33.0 Å². The Morgan fingerprint density at radius 3 is 2.85 bits per heavy atom. The van der Waals surface area contributed by atoms with Crippen LogP contribution in [0.4, 0.5) is 4.39 Å². The summed E-state index contributed by atoms with van der Waals surface area (Å²) in [6, 6.07) is 6.91. The first-order chi connectivity index (χ1) is 6.27.